The Morgan fingerprint density at radius 2 is 0.989 bits per heavy atom. The molecule has 95 heavy (non-hydrogen) atoms. The quantitative estimate of drug-likeness (QED) is 0.0708. The molecule has 0 unspecified atom stereocenters. The highest BCUT2D eigenvalue weighted by Gasteiger charge is 2.48. The SMILES string of the molecule is C.C.O=c1nc(OC[C@@H]2COCCO2)cc2n1CCc1cc(/C=C/c3cnccn3)ccc1-2.O=c1nc(OC[C@@H]2COCCO2)cc2n1CCc1cc(CCc3cnccn3)ccc1-2.O=c1nc(OC[C@@H]2COCCO2)cc2n1CCc1cc(OS(=O)(=O)C(F)(F)F)ccc1-2. The Labute approximate surface area is 544 Å². The number of ether oxygens (including phenoxy) is 9. The van der Waals surface area contributed by atoms with Gasteiger partial charge in [0.15, 0.2) is 0 Å². The lowest BCUT2D eigenvalue weighted by Gasteiger charge is -2.24. The van der Waals surface area contributed by atoms with Crippen LogP contribution in [0.25, 0.3) is 45.9 Å². The average Bonchev–Trinajstić information content (AvgIpc) is 0.789. The van der Waals surface area contributed by atoms with Crippen LogP contribution in [0.4, 0.5) is 13.2 Å². The summed E-state index contributed by atoms with van der Waals surface area (Å²) in [4.78, 5) is 66.4. The highest BCUT2D eigenvalue weighted by molar-refractivity contribution is 7.88. The Morgan fingerprint density at radius 3 is 1.44 bits per heavy atom. The lowest BCUT2D eigenvalue weighted by atomic mass is 9.94. The van der Waals surface area contributed by atoms with Gasteiger partial charge in [-0.25, -0.2) is 14.4 Å². The van der Waals surface area contributed by atoms with E-state index in [1.54, 1.807) is 46.3 Å². The molecule has 0 spiro atoms. The molecule has 502 valence electrons. The van der Waals surface area contributed by atoms with Gasteiger partial charge in [-0.15, -0.1) is 0 Å². The number of nitrogens with zero attached hydrogens (tertiary/aromatic N) is 10. The maximum absolute atomic E-state index is 12.6. The molecule has 0 saturated carbocycles. The zero-order valence-corrected chi connectivity index (χ0v) is 50.9. The molecule has 14 rings (SSSR count). The minimum atomic E-state index is -5.78. The number of fused-ring (bicyclic) bond motifs is 9. The summed E-state index contributed by atoms with van der Waals surface area (Å²) in [6.07, 6.45) is 17.2. The second-order valence-corrected chi connectivity index (χ2v) is 23.5. The van der Waals surface area contributed by atoms with Crippen molar-refractivity contribution in [3.05, 3.63) is 181 Å². The van der Waals surface area contributed by atoms with E-state index in [2.05, 4.69) is 63.3 Å². The van der Waals surface area contributed by atoms with Crippen LogP contribution in [0.5, 0.6) is 23.4 Å². The fraction of sp³-hybridized carbons (Fsp3) is 0.394. The van der Waals surface area contributed by atoms with Crippen molar-refractivity contribution < 1.29 is 68.4 Å². The van der Waals surface area contributed by atoms with Crippen molar-refractivity contribution in [1.29, 1.82) is 0 Å². The van der Waals surface area contributed by atoms with Gasteiger partial charge < -0.3 is 46.8 Å². The van der Waals surface area contributed by atoms with Gasteiger partial charge in [0.2, 0.25) is 17.6 Å². The largest absolute Gasteiger partial charge is 0.534 e. The van der Waals surface area contributed by atoms with Gasteiger partial charge in [0.25, 0.3) is 0 Å². The molecule has 25 nitrogen and oxygen atoms in total. The molecule has 0 bridgehead atoms. The maximum Gasteiger partial charge on any atom is 0.534 e. The van der Waals surface area contributed by atoms with Gasteiger partial charge in [-0.3, -0.25) is 33.6 Å². The van der Waals surface area contributed by atoms with E-state index in [1.807, 2.05) is 36.4 Å². The van der Waals surface area contributed by atoms with Crippen molar-refractivity contribution >= 4 is 22.3 Å². The summed E-state index contributed by atoms with van der Waals surface area (Å²) in [5, 5.41) is 0. The molecule has 3 aromatic carbocycles. The van der Waals surface area contributed by atoms with E-state index in [0.29, 0.717) is 114 Å². The summed E-state index contributed by atoms with van der Waals surface area (Å²) in [5.41, 5.74) is 5.10. The van der Waals surface area contributed by atoms with Crippen molar-refractivity contribution in [2.75, 3.05) is 79.3 Å². The molecule has 6 aliphatic rings. The number of alkyl halides is 3. The van der Waals surface area contributed by atoms with Crippen LogP contribution in [0.15, 0.2) is 124 Å². The van der Waals surface area contributed by atoms with Crippen LogP contribution in [0.2, 0.25) is 0 Å². The van der Waals surface area contributed by atoms with Crippen molar-refractivity contribution in [1.82, 2.24) is 48.6 Å². The predicted octanol–water partition coefficient (Wildman–Crippen LogP) is 6.82. The summed E-state index contributed by atoms with van der Waals surface area (Å²) in [6, 6.07) is 21.6. The van der Waals surface area contributed by atoms with Gasteiger partial charge in [0, 0.05) is 85.5 Å². The highest BCUT2D eigenvalue weighted by Crippen LogP contribution is 2.36. The number of hydrogen-bond donors (Lipinski definition) is 0. The van der Waals surface area contributed by atoms with Crippen molar-refractivity contribution in [2.24, 2.45) is 0 Å². The Morgan fingerprint density at radius 1 is 0.526 bits per heavy atom. The van der Waals surface area contributed by atoms with Crippen LogP contribution < -0.4 is 35.5 Å². The number of aryl methyl sites for hydroxylation is 5. The van der Waals surface area contributed by atoms with E-state index in [-0.39, 0.29) is 70.0 Å². The smallest absolute Gasteiger partial charge is 0.475 e. The molecule has 0 aliphatic carbocycles. The number of aromatic nitrogens is 10. The average molecular weight is 1330 g/mol. The number of rotatable bonds is 16. The Bertz CT molecular complexity index is 4280. The lowest BCUT2D eigenvalue weighted by molar-refractivity contribution is -0.102. The maximum atomic E-state index is 12.6. The van der Waals surface area contributed by atoms with Gasteiger partial charge in [-0.2, -0.15) is 36.5 Å². The first-order valence-electron chi connectivity index (χ1n) is 30.1. The van der Waals surface area contributed by atoms with Crippen molar-refractivity contribution in [3.63, 3.8) is 0 Å². The molecule has 8 aromatic rings. The van der Waals surface area contributed by atoms with Crippen LogP contribution in [0.3, 0.4) is 0 Å². The molecule has 0 amide bonds. The standard InChI is InChI=1S/C23H24N4O4.C23H22N4O4.C18H17F3N2O7S.2CH4/c2*28-23-26-22(31-15-19-14-29-9-10-30-19)12-21-20-4-2-16(11-17(20)5-8-27(21)23)1-3-18-13-24-6-7-25-18;19-18(20,21)31(25,26)30-12-1-2-14-11(7-12)3-4-23-15(14)8-16(22-17(23)24)29-10-13-9-27-5-6-28-13;;/h2,4,6-7,11-13,19H,1,3,5,8-10,14-15H2;1-4,6-7,11-13,19H,5,8-10,14-15H2;1-2,7-8,13H,3-6,9-10H2;2*1H4/b;3-1+;;;/t2*19-;13-;;/m000../s1. The van der Waals surface area contributed by atoms with E-state index >= 15 is 0 Å². The third-order valence-corrected chi connectivity index (χ3v) is 16.7. The van der Waals surface area contributed by atoms with Gasteiger partial charge in [-0.1, -0.05) is 57.3 Å². The molecule has 11 heterocycles. The summed E-state index contributed by atoms with van der Waals surface area (Å²) >= 11 is 0. The zero-order valence-electron chi connectivity index (χ0n) is 50.1. The van der Waals surface area contributed by atoms with E-state index in [4.69, 9.17) is 42.6 Å². The normalized spacial score (nSPS) is 17.7. The molecular weight excluding hydrogens is 1260 g/mol. The first-order valence-corrected chi connectivity index (χ1v) is 31.5. The Balaban J connectivity index is 0.000000154. The van der Waals surface area contributed by atoms with Crippen LogP contribution in [0, 0.1) is 0 Å². The fourth-order valence-corrected chi connectivity index (χ4v) is 11.6. The number of halogens is 3. The summed E-state index contributed by atoms with van der Waals surface area (Å²) in [7, 11) is -5.78. The molecule has 6 aliphatic heterocycles. The van der Waals surface area contributed by atoms with Gasteiger partial charge in [0.05, 0.1) is 94.1 Å². The van der Waals surface area contributed by atoms with Crippen LogP contribution in [-0.2, 0) is 90.3 Å². The first kappa shape index (κ1) is 68.8. The predicted molar refractivity (Wildman–Crippen MR) is 341 cm³/mol. The minimum Gasteiger partial charge on any atom is -0.475 e. The topological polar surface area (TPSA) is 283 Å². The van der Waals surface area contributed by atoms with Crippen molar-refractivity contribution in [3.8, 4) is 57.2 Å². The highest BCUT2D eigenvalue weighted by atomic mass is 32.2. The molecule has 3 fully saturated rings. The van der Waals surface area contributed by atoms with Gasteiger partial charge >= 0.3 is 32.7 Å². The molecular formula is C66H71F3N10O15S. The molecule has 0 N–H and O–H groups in total. The van der Waals surface area contributed by atoms with Crippen LogP contribution >= 0.6 is 0 Å². The monoisotopic (exact) mass is 1330 g/mol. The molecule has 3 atom stereocenters. The molecule has 29 heteroatoms. The number of benzene rings is 3. The summed E-state index contributed by atoms with van der Waals surface area (Å²) in [6.45, 7) is 6.74. The van der Waals surface area contributed by atoms with Gasteiger partial charge in [-0.05, 0) is 84.2 Å². The van der Waals surface area contributed by atoms with E-state index in [0.717, 1.165) is 71.2 Å². The van der Waals surface area contributed by atoms with E-state index in [9.17, 15) is 36.0 Å². The zero-order chi connectivity index (χ0) is 64.3. The first-order chi connectivity index (χ1) is 45.2. The fourth-order valence-electron chi connectivity index (χ4n) is 11.1. The second kappa shape index (κ2) is 31.4. The van der Waals surface area contributed by atoms with Crippen LogP contribution in [-0.4, -0.2) is 160 Å². The molecule has 3 saturated heterocycles. The second-order valence-electron chi connectivity index (χ2n) is 22.0. The van der Waals surface area contributed by atoms with E-state index in [1.165, 1.54) is 39.5 Å². The summed E-state index contributed by atoms with van der Waals surface area (Å²) < 4.78 is 119. The third-order valence-electron chi connectivity index (χ3n) is 15.7. The lowest BCUT2D eigenvalue weighted by Crippen LogP contribution is -2.34. The molecule has 0 radical (unpaired) electrons. The van der Waals surface area contributed by atoms with E-state index < -0.39 is 27.1 Å². The minimum absolute atomic E-state index is 0. The molecule has 5 aromatic heterocycles. The van der Waals surface area contributed by atoms with Crippen LogP contribution in [0.1, 0.15) is 54.1 Å². The van der Waals surface area contributed by atoms with Gasteiger partial charge in [0.1, 0.15) is 43.9 Å². The Kier molecular flexibility index (Phi) is 22.7. The summed E-state index contributed by atoms with van der Waals surface area (Å²) in [5.74, 6) is 0.236. The Hall–Kier alpha value is -9.10. The third kappa shape index (κ3) is 17.3. The number of hydrogen-bond acceptors (Lipinski definition) is 22. The van der Waals surface area contributed by atoms with Crippen molar-refractivity contribution in [2.45, 2.75) is 90.4 Å².